The van der Waals surface area contributed by atoms with Crippen LogP contribution >= 0.6 is 0 Å². The van der Waals surface area contributed by atoms with Gasteiger partial charge in [0.2, 0.25) is 5.56 Å². The summed E-state index contributed by atoms with van der Waals surface area (Å²) in [6.07, 6.45) is 3.51. The first-order valence-corrected chi connectivity index (χ1v) is 6.93. The molecule has 0 atom stereocenters. The number of nitrogens with two attached hydrogens (primary N) is 1. The second-order valence-electron chi connectivity index (χ2n) is 5.17. The number of hydrogen-bond donors (Lipinski definition) is 2. The minimum Gasteiger partial charge on any atom is -0.382 e. The van der Waals surface area contributed by atoms with E-state index in [1.54, 1.807) is 23.1 Å². The number of likely N-dealkylation sites (tertiary alicyclic amines) is 1. The summed E-state index contributed by atoms with van der Waals surface area (Å²) in [5.41, 5.74) is 5.70. The molecule has 7 heteroatoms. The Morgan fingerprint density at radius 1 is 1.29 bits per heavy atom. The van der Waals surface area contributed by atoms with Crippen LogP contribution in [0, 0.1) is 0 Å². The van der Waals surface area contributed by atoms with E-state index in [0.29, 0.717) is 24.6 Å². The van der Waals surface area contributed by atoms with Crippen molar-refractivity contribution < 1.29 is 4.79 Å². The van der Waals surface area contributed by atoms with Crippen LogP contribution in [0.4, 0.5) is 5.82 Å². The van der Waals surface area contributed by atoms with E-state index >= 15 is 0 Å². The highest BCUT2D eigenvalue weighted by Crippen LogP contribution is 2.23. The lowest BCUT2D eigenvalue weighted by Crippen LogP contribution is -2.40. The van der Waals surface area contributed by atoms with Gasteiger partial charge in [-0.05, 0) is 25.0 Å². The molecule has 1 saturated heterocycles. The average molecular weight is 287 g/mol. The molecule has 2 aromatic rings. The molecular formula is C14H17N5O2. The Kier molecular flexibility index (Phi) is 3.47. The summed E-state index contributed by atoms with van der Waals surface area (Å²) in [5.74, 6) is 0.376. The first-order chi connectivity index (χ1) is 10.1. The molecule has 0 unspecified atom stereocenters. The highest BCUT2D eigenvalue weighted by atomic mass is 16.2. The Balaban J connectivity index is 1.65. The van der Waals surface area contributed by atoms with Crippen LogP contribution in [-0.2, 0) is 0 Å². The lowest BCUT2D eigenvalue weighted by atomic mass is 10.0. The number of carbonyl (C=O) groups is 1. The van der Waals surface area contributed by atoms with Crippen LogP contribution in [0.15, 0.2) is 35.3 Å². The van der Waals surface area contributed by atoms with Crippen molar-refractivity contribution in [3.8, 4) is 0 Å². The number of aromatic amines is 1. The van der Waals surface area contributed by atoms with Crippen LogP contribution in [0.3, 0.4) is 0 Å². The summed E-state index contributed by atoms with van der Waals surface area (Å²) < 4.78 is 1.86. The van der Waals surface area contributed by atoms with Crippen LogP contribution < -0.4 is 11.3 Å². The maximum atomic E-state index is 12.3. The number of H-pyrrole nitrogens is 1. The number of nitrogens with one attached hydrogen (secondary N) is 1. The normalized spacial score (nSPS) is 16.1. The van der Waals surface area contributed by atoms with Gasteiger partial charge in [-0.2, -0.15) is 5.10 Å². The SMILES string of the molecule is Nc1ccn(C2CCN(C(=O)c3cccc(=O)[nH]3)CC2)n1. The van der Waals surface area contributed by atoms with Crippen molar-refractivity contribution in [2.24, 2.45) is 0 Å². The van der Waals surface area contributed by atoms with Gasteiger partial charge >= 0.3 is 0 Å². The molecule has 0 aliphatic carbocycles. The second-order valence-corrected chi connectivity index (χ2v) is 5.17. The fraction of sp³-hybridized carbons (Fsp3) is 0.357. The maximum Gasteiger partial charge on any atom is 0.270 e. The number of amides is 1. The summed E-state index contributed by atoms with van der Waals surface area (Å²) in [4.78, 5) is 27.9. The Morgan fingerprint density at radius 2 is 2.05 bits per heavy atom. The molecule has 3 N–H and O–H groups in total. The van der Waals surface area contributed by atoms with Crippen molar-refractivity contribution in [2.45, 2.75) is 18.9 Å². The Morgan fingerprint density at radius 3 is 2.67 bits per heavy atom. The van der Waals surface area contributed by atoms with Gasteiger partial charge < -0.3 is 15.6 Å². The zero-order valence-electron chi connectivity index (χ0n) is 11.5. The van der Waals surface area contributed by atoms with E-state index in [-0.39, 0.29) is 17.5 Å². The first kappa shape index (κ1) is 13.4. The number of nitrogen functional groups attached to an aromatic ring is 1. The van der Waals surface area contributed by atoms with Crippen molar-refractivity contribution in [1.82, 2.24) is 19.7 Å². The van der Waals surface area contributed by atoms with Crippen molar-refractivity contribution in [3.63, 3.8) is 0 Å². The summed E-state index contributed by atoms with van der Waals surface area (Å²) in [7, 11) is 0. The van der Waals surface area contributed by atoms with E-state index in [0.717, 1.165) is 12.8 Å². The molecule has 1 fully saturated rings. The van der Waals surface area contributed by atoms with Gasteiger partial charge in [0.25, 0.3) is 5.91 Å². The van der Waals surface area contributed by atoms with Gasteiger partial charge in [0.15, 0.2) is 0 Å². The smallest absolute Gasteiger partial charge is 0.270 e. The Labute approximate surface area is 121 Å². The van der Waals surface area contributed by atoms with Gasteiger partial charge in [-0.1, -0.05) is 6.07 Å². The molecule has 0 radical (unpaired) electrons. The number of piperidine rings is 1. The highest BCUT2D eigenvalue weighted by Gasteiger charge is 2.25. The molecule has 0 aromatic carbocycles. The van der Waals surface area contributed by atoms with Crippen LogP contribution in [0.5, 0.6) is 0 Å². The van der Waals surface area contributed by atoms with Crippen LogP contribution in [0.2, 0.25) is 0 Å². The average Bonchev–Trinajstić information content (AvgIpc) is 2.93. The lowest BCUT2D eigenvalue weighted by Gasteiger charge is -2.32. The van der Waals surface area contributed by atoms with Gasteiger partial charge in [0.05, 0.1) is 6.04 Å². The van der Waals surface area contributed by atoms with Gasteiger partial charge in [0.1, 0.15) is 11.5 Å². The molecule has 21 heavy (non-hydrogen) atoms. The Hall–Kier alpha value is -2.57. The number of pyridine rings is 1. The first-order valence-electron chi connectivity index (χ1n) is 6.93. The molecule has 3 rings (SSSR count). The number of rotatable bonds is 2. The van der Waals surface area contributed by atoms with Gasteiger partial charge in [-0.25, -0.2) is 0 Å². The minimum absolute atomic E-state index is 0.133. The second kappa shape index (κ2) is 5.43. The van der Waals surface area contributed by atoms with Gasteiger partial charge in [-0.3, -0.25) is 14.3 Å². The number of hydrogen-bond acceptors (Lipinski definition) is 4. The molecular weight excluding hydrogens is 270 g/mol. The molecule has 1 amide bonds. The maximum absolute atomic E-state index is 12.3. The minimum atomic E-state index is -0.261. The monoisotopic (exact) mass is 287 g/mol. The third-order valence-electron chi connectivity index (χ3n) is 3.75. The van der Waals surface area contributed by atoms with Crippen molar-refractivity contribution in [2.75, 3.05) is 18.8 Å². The topological polar surface area (TPSA) is 97.0 Å². The molecule has 2 aromatic heterocycles. The van der Waals surface area contributed by atoms with Gasteiger partial charge in [0, 0.05) is 25.4 Å². The zero-order chi connectivity index (χ0) is 14.8. The van der Waals surface area contributed by atoms with E-state index in [1.807, 2.05) is 10.9 Å². The largest absolute Gasteiger partial charge is 0.382 e. The van der Waals surface area contributed by atoms with Gasteiger partial charge in [-0.15, -0.1) is 0 Å². The van der Waals surface area contributed by atoms with Crippen LogP contribution in [0.25, 0.3) is 0 Å². The van der Waals surface area contributed by atoms with E-state index < -0.39 is 0 Å². The highest BCUT2D eigenvalue weighted by molar-refractivity contribution is 5.92. The van der Waals surface area contributed by atoms with E-state index in [2.05, 4.69) is 10.1 Å². The standard InChI is InChI=1S/C14H17N5O2/c15-12-6-9-19(17-12)10-4-7-18(8-5-10)14(21)11-2-1-3-13(20)16-11/h1-3,6,9-10H,4-5,7-8H2,(H2,15,17)(H,16,20). The molecule has 0 spiro atoms. The summed E-state index contributed by atoms with van der Waals surface area (Å²) >= 11 is 0. The quantitative estimate of drug-likeness (QED) is 0.846. The third kappa shape index (κ3) is 2.81. The number of aromatic nitrogens is 3. The molecule has 0 saturated carbocycles. The number of nitrogens with zero attached hydrogens (tertiary/aromatic N) is 3. The fourth-order valence-electron chi connectivity index (χ4n) is 2.63. The van der Waals surface area contributed by atoms with E-state index in [4.69, 9.17) is 5.73 Å². The Bertz CT molecular complexity index is 697. The van der Waals surface area contributed by atoms with Crippen LogP contribution in [0.1, 0.15) is 29.4 Å². The molecule has 1 aliphatic rings. The molecule has 110 valence electrons. The predicted molar refractivity (Wildman–Crippen MR) is 77.9 cm³/mol. The van der Waals surface area contributed by atoms with Crippen LogP contribution in [-0.4, -0.2) is 38.7 Å². The zero-order valence-corrected chi connectivity index (χ0v) is 11.5. The fourth-order valence-corrected chi connectivity index (χ4v) is 2.63. The lowest BCUT2D eigenvalue weighted by molar-refractivity contribution is 0.0684. The summed E-state index contributed by atoms with van der Waals surface area (Å²) in [6.45, 7) is 1.28. The van der Waals surface area contributed by atoms with Crippen molar-refractivity contribution in [3.05, 3.63) is 46.5 Å². The molecule has 1 aliphatic heterocycles. The number of anilines is 1. The van der Waals surface area contributed by atoms with E-state index in [1.165, 1.54) is 6.07 Å². The molecule has 0 bridgehead atoms. The number of carbonyl (C=O) groups excluding carboxylic acids is 1. The third-order valence-corrected chi connectivity index (χ3v) is 3.75. The molecule has 7 nitrogen and oxygen atoms in total. The van der Waals surface area contributed by atoms with E-state index in [9.17, 15) is 9.59 Å². The molecule has 3 heterocycles. The predicted octanol–water partition coefficient (Wildman–Crippen LogP) is 0.631. The summed E-state index contributed by atoms with van der Waals surface area (Å²) in [6, 6.07) is 6.65. The van der Waals surface area contributed by atoms with Crippen molar-refractivity contribution in [1.29, 1.82) is 0 Å². The summed E-state index contributed by atoms with van der Waals surface area (Å²) in [5, 5.41) is 4.22. The van der Waals surface area contributed by atoms with Crippen molar-refractivity contribution >= 4 is 11.7 Å².